The fraction of sp³-hybridized carbons (Fsp3) is 0.0769. The zero-order valence-electron chi connectivity index (χ0n) is 9.50. The Morgan fingerprint density at radius 1 is 1.11 bits per heavy atom. The number of benzene rings is 2. The number of halogens is 3. The molecular weight excluding hydrogens is 355 g/mol. The number of ether oxygens (including phenoxy) is 1. The van der Waals surface area contributed by atoms with Crippen molar-refractivity contribution in [2.24, 2.45) is 0 Å². The summed E-state index contributed by atoms with van der Waals surface area (Å²) in [5.74, 6) is -2.05. The van der Waals surface area contributed by atoms with Crippen LogP contribution in [0, 0.1) is 17.7 Å². The summed E-state index contributed by atoms with van der Waals surface area (Å²) in [6.07, 6.45) is 0. The molecule has 0 bridgehead atoms. The molecule has 0 fully saturated rings. The van der Waals surface area contributed by atoms with E-state index in [0.717, 1.165) is 11.6 Å². The van der Waals surface area contributed by atoms with E-state index in [0.29, 0.717) is 0 Å². The van der Waals surface area contributed by atoms with Crippen molar-refractivity contribution in [3.63, 3.8) is 0 Å². The van der Waals surface area contributed by atoms with Crippen molar-refractivity contribution >= 4 is 13.6 Å². The quantitative estimate of drug-likeness (QED) is 0.586. The Bertz CT molecular complexity index is 480. The van der Waals surface area contributed by atoms with Gasteiger partial charge < -0.3 is 4.74 Å². The second-order valence-electron chi connectivity index (χ2n) is 3.26. The second-order valence-corrected chi connectivity index (χ2v) is 3.26. The molecule has 0 N–H and O–H groups in total. The van der Waals surface area contributed by atoms with Gasteiger partial charge in [-0.25, -0.2) is 4.39 Å². The standard InChI is InChI=1S/C13H9F2O.BrH.Zn/c14-11-7-4-8-12(13(11)15)16-9-10-5-2-1-3-6-10;;/h1-3,5-8H,9H2;1H;/q-1;;+2/p-1. The molecule has 2 aromatic rings. The first kappa shape index (κ1) is 15.3. The fourth-order valence-electron chi connectivity index (χ4n) is 1.28. The first-order valence-corrected chi connectivity index (χ1v) is 12.0. The van der Waals surface area contributed by atoms with Gasteiger partial charge in [-0.05, 0) is 5.56 Å². The van der Waals surface area contributed by atoms with Crippen LogP contribution in [0.5, 0.6) is 5.75 Å². The molecule has 0 atom stereocenters. The van der Waals surface area contributed by atoms with Gasteiger partial charge in [-0.1, -0.05) is 30.3 Å². The van der Waals surface area contributed by atoms with E-state index in [-0.39, 0.29) is 12.4 Å². The molecule has 0 unspecified atom stereocenters. The summed E-state index contributed by atoms with van der Waals surface area (Å²) in [5.41, 5.74) is 0.895. The Kier molecular flexibility index (Phi) is 7.06. The molecule has 0 aliphatic heterocycles. The summed E-state index contributed by atoms with van der Waals surface area (Å²) in [5, 5.41) is 0. The van der Waals surface area contributed by atoms with E-state index in [4.69, 9.17) is 4.74 Å². The monoisotopic (exact) mass is 362 g/mol. The Balaban J connectivity index is 0.000000771. The normalized spacial score (nSPS) is 9.39. The van der Waals surface area contributed by atoms with Gasteiger partial charge in [0.25, 0.3) is 0 Å². The van der Waals surface area contributed by atoms with Crippen LogP contribution < -0.4 is 4.74 Å². The third kappa shape index (κ3) is 4.47. The molecule has 2 aromatic carbocycles. The Hall–Kier alpha value is -0.797. The number of hydrogen-bond donors (Lipinski definition) is 0. The molecular formula is C13H9BrF2OZn. The van der Waals surface area contributed by atoms with Crippen LogP contribution in [-0.2, 0) is 22.9 Å². The summed E-state index contributed by atoms with van der Waals surface area (Å²) in [7, 11) is 0. The molecule has 90 valence electrons. The van der Waals surface area contributed by atoms with Crippen LogP contribution in [0.25, 0.3) is 0 Å². The SMILES string of the molecule is Fc1c[c-]cc(OCc2ccccc2)c1F.[Zn+][Br]. The predicted octanol–water partition coefficient (Wildman–Crippen LogP) is 4.19. The molecule has 0 aliphatic rings. The molecule has 2 rings (SSSR count). The number of rotatable bonds is 3. The molecule has 0 aliphatic carbocycles. The predicted molar refractivity (Wildman–Crippen MR) is 64.9 cm³/mol. The van der Waals surface area contributed by atoms with Crippen LogP contribution in [-0.4, -0.2) is 0 Å². The van der Waals surface area contributed by atoms with Crippen LogP contribution in [0.3, 0.4) is 0 Å². The molecule has 0 radical (unpaired) electrons. The third-order valence-electron chi connectivity index (χ3n) is 2.09. The van der Waals surface area contributed by atoms with Crippen LogP contribution in [0.2, 0.25) is 0 Å². The summed E-state index contributed by atoms with van der Waals surface area (Å²) in [6.45, 7) is 0.203. The van der Waals surface area contributed by atoms with Gasteiger partial charge in [0.1, 0.15) is 0 Å². The summed E-state index contributed by atoms with van der Waals surface area (Å²) < 4.78 is 31.2. The fourth-order valence-corrected chi connectivity index (χ4v) is 1.28. The molecule has 0 saturated carbocycles. The van der Waals surface area contributed by atoms with Gasteiger partial charge in [0.05, 0.1) is 12.4 Å². The van der Waals surface area contributed by atoms with E-state index < -0.39 is 11.6 Å². The van der Waals surface area contributed by atoms with Crippen molar-refractivity contribution in [3.05, 3.63) is 65.7 Å². The van der Waals surface area contributed by atoms with E-state index in [1.807, 2.05) is 30.3 Å². The van der Waals surface area contributed by atoms with Gasteiger partial charge in [-0.15, -0.1) is 12.1 Å². The zero-order valence-corrected chi connectivity index (χ0v) is 14.1. The first-order chi connectivity index (χ1) is 8.77. The van der Waals surface area contributed by atoms with Crippen molar-refractivity contribution < 1.29 is 29.9 Å². The van der Waals surface area contributed by atoms with Crippen LogP contribution >= 0.6 is 13.6 Å². The van der Waals surface area contributed by atoms with Crippen LogP contribution in [0.15, 0.2) is 42.5 Å². The van der Waals surface area contributed by atoms with Gasteiger partial charge in [0.2, 0.25) is 0 Å². The summed E-state index contributed by atoms with van der Waals surface area (Å²) in [6, 6.07) is 14.0. The van der Waals surface area contributed by atoms with Gasteiger partial charge in [0, 0.05) is 11.6 Å². The maximum atomic E-state index is 13.2. The molecule has 1 nitrogen and oxygen atoms in total. The Morgan fingerprint density at radius 3 is 2.44 bits per heavy atom. The second kappa shape index (κ2) is 8.33. The zero-order chi connectivity index (χ0) is 13.4. The van der Waals surface area contributed by atoms with Gasteiger partial charge in [0.15, 0.2) is 0 Å². The van der Waals surface area contributed by atoms with E-state index in [1.165, 1.54) is 22.4 Å². The van der Waals surface area contributed by atoms with E-state index in [1.54, 1.807) is 0 Å². The van der Waals surface area contributed by atoms with E-state index >= 15 is 0 Å². The van der Waals surface area contributed by atoms with Crippen molar-refractivity contribution in [2.75, 3.05) is 0 Å². The molecule has 0 aromatic heterocycles. The molecule has 18 heavy (non-hydrogen) atoms. The van der Waals surface area contributed by atoms with Crippen molar-refractivity contribution in [1.82, 2.24) is 0 Å². The van der Waals surface area contributed by atoms with Gasteiger partial charge in [-0.2, -0.15) is 6.07 Å². The number of hydrogen-bond acceptors (Lipinski definition) is 1. The van der Waals surface area contributed by atoms with Crippen LogP contribution in [0.1, 0.15) is 5.56 Å². The van der Waals surface area contributed by atoms with Crippen molar-refractivity contribution in [3.8, 4) is 5.75 Å². The van der Waals surface area contributed by atoms with Crippen LogP contribution in [0.4, 0.5) is 8.78 Å². The minimum absolute atomic E-state index is 0.121. The minimum atomic E-state index is -0.977. The van der Waals surface area contributed by atoms with Gasteiger partial charge >= 0.3 is 30.0 Å². The van der Waals surface area contributed by atoms with Crippen molar-refractivity contribution in [2.45, 2.75) is 6.61 Å². The Labute approximate surface area is 121 Å². The summed E-state index contributed by atoms with van der Waals surface area (Å²) >= 11 is 4.25. The van der Waals surface area contributed by atoms with Gasteiger partial charge in [-0.3, -0.25) is 4.39 Å². The van der Waals surface area contributed by atoms with Crippen molar-refractivity contribution in [1.29, 1.82) is 0 Å². The molecule has 5 heteroatoms. The molecule has 0 spiro atoms. The average molecular weight is 365 g/mol. The average Bonchev–Trinajstić information content (AvgIpc) is 2.44. The van der Waals surface area contributed by atoms with E-state index in [2.05, 4.69) is 19.7 Å². The molecule has 0 amide bonds. The molecule has 0 saturated heterocycles. The first-order valence-electron chi connectivity index (χ1n) is 5.06. The molecule has 0 heterocycles. The summed E-state index contributed by atoms with van der Waals surface area (Å²) in [4.78, 5) is 0. The Morgan fingerprint density at radius 2 is 1.78 bits per heavy atom. The maximum absolute atomic E-state index is 13.2. The topological polar surface area (TPSA) is 9.23 Å². The third-order valence-corrected chi connectivity index (χ3v) is 2.09. The van der Waals surface area contributed by atoms with E-state index in [9.17, 15) is 8.78 Å².